The molecular formula is C12H16N6O2S. The van der Waals surface area contributed by atoms with Gasteiger partial charge in [0.1, 0.15) is 0 Å². The van der Waals surface area contributed by atoms with Crippen LogP contribution in [0.3, 0.4) is 0 Å². The van der Waals surface area contributed by atoms with Gasteiger partial charge in [-0.2, -0.15) is 9.52 Å². The van der Waals surface area contributed by atoms with E-state index in [0.717, 1.165) is 13.1 Å². The fourth-order valence-electron chi connectivity index (χ4n) is 2.26. The van der Waals surface area contributed by atoms with E-state index in [1.165, 1.54) is 4.31 Å². The number of aromatic nitrogens is 4. The van der Waals surface area contributed by atoms with Gasteiger partial charge in [-0.05, 0) is 24.4 Å². The number of hydrogen-bond donors (Lipinski definition) is 1. The van der Waals surface area contributed by atoms with E-state index in [1.54, 1.807) is 24.3 Å². The summed E-state index contributed by atoms with van der Waals surface area (Å²) in [6.45, 7) is 2.49. The number of piperazine rings is 1. The van der Waals surface area contributed by atoms with Crippen molar-refractivity contribution in [1.29, 1.82) is 0 Å². The van der Waals surface area contributed by atoms with Crippen molar-refractivity contribution in [1.82, 2.24) is 29.8 Å². The van der Waals surface area contributed by atoms with E-state index in [-0.39, 0.29) is 4.90 Å². The van der Waals surface area contributed by atoms with Crippen molar-refractivity contribution in [2.75, 3.05) is 33.2 Å². The van der Waals surface area contributed by atoms with E-state index in [2.05, 4.69) is 25.5 Å². The third-order valence-corrected chi connectivity index (χ3v) is 5.43. The largest absolute Gasteiger partial charge is 0.304 e. The Labute approximate surface area is 122 Å². The van der Waals surface area contributed by atoms with Crippen molar-refractivity contribution >= 4 is 10.0 Å². The van der Waals surface area contributed by atoms with Gasteiger partial charge in [0, 0.05) is 31.7 Å². The highest BCUT2D eigenvalue weighted by molar-refractivity contribution is 7.89. The first kappa shape index (κ1) is 14.1. The Morgan fingerprint density at radius 1 is 1.19 bits per heavy atom. The number of H-pyrrole nitrogens is 1. The fourth-order valence-corrected chi connectivity index (χ4v) is 3.73. The number of benzene rings is 1. The minimum atomic E-state index is -3.48. The van der Waals surface area contributed by atoms with Crippen LogP contribution in [0.1, 0.15) is 0 Å². The van der Waals surface area contributed by atoms with E-state index in [4.69, 9.17) is 0 Å². The average Bonchev–Trinajstić information content (AvgIpc) is 3.02. The second kappa shape index (κ2) is 5.51. The molecule has 2 aromatic rings. The zero-order valence-corrected chi connectivity index (χ0v) is 12.4. The molecule has 112 valence electrons. The van der Waals surface area contributed by atoms with Crippen LogP contribution in [-0.2, 0) is 10.0 Å². The topological polar surface area (TPSA) is 95.1 Å². The number of nitrogens with zero attached hydrogens (tertiary/aromatic N) is 5. The van der Waals surface area contributed by atoms with E-state index >= 15 is 0 Å². The van der Waals surface area contributed by atoms with Crippen molar-refractivity contribution in [2.45, 2.75) is 4.90 Å². The molecule has 3 rings (SSSR count). The molecule has 0 unspecified atom stereocenters. The van der Waals surface area contributed by atoms with E-state index in [9.17, 15) is 8.42 Å². The summed E-state index contributed by atoms with van der Waals surface area (Å²) in [5.41, 5.74) is 0.624. The lowest BCUT2D eigenvalue weighted by molar-refractivity contribution is 0.222. The molecule has 0 radical (unpaired) electrons. The van der Waals surface area contributed by atoms with Gasteiger partial charge in [0.25, 0.3) is 0 Å². The van der Waals surface area contributed by atoms with E-state index in [0.29, 0.717) is 24.5 Å². The van der Waals surface area contributed by atoms with Gasteiger partial charge in [0.05, 0.1) is 4.90 Å². The highest BCUT2D eigenvalue weighted by Gasteiger charge is 2.27. The molecule has 2 heterocycles. The van der Waals surface area contributed by atoms with Crippen molar-refractivity contribution in [2.24, 2.45) is 0 Å². The first-order valence-electron chi connectivity index (χ1n) is 6.60. The Morgan fingerprint density at radius 2 is 1.95 bits per heavy atom. The molecule has 1 fully saturated rings. The van der Waals surface area contributed by atoms with Gasteiger partial charge in [-0.15, -0.1) is 10.2 Å². The minimum Gasteiger partial charge on any atom is -0.304 e. The molecule has 1 aliphatic heterocycles. The van der Waals surface area contributed by atoms with Gasteiger partial charge in [-0.25, -0.2) is 8.42 Å². The summed E-state index contributed by atoms with van der Waals surface area (Å²) >= 11 is 0. The molecule has 1 N–H and O–H groups in total. The number of hydrogen-bond acceptors (Lipinski definition) is 6. The SMILES string of the molecule is CN1CCN(S(=O)(=O)c2cccc(-c3nn[nH]n3)c2)CC1. The molecule has 0 atom stereocenters. The summed E-state index contributed by atoms with van der Waals surface area (Å²) in [7, 11) is -1.49. The number of tetrazole rings is 1. The summed E-state index contributed by atoms with van der Waals surface area (Å²) in [5.74, 6) is 0.380. The van der Waals surface area contributed by atoms with Gasteiger partial charge in [-0.3, -0.25) is 0 Å². The second-order valence-corrected chi connectivity index (χ2v) is 6.91. The third-order valence-electron chi connectivity index (χ3n) is 3.54. The maximum absolute atomic E-state index is 12.7. The highest BCUT2D eigenvalue weighted by atomic mass is 32.2. The standard InChI is InChI=1S/C12H16N6O2S/c1-17-5-7-18(8-6-17)21(19,20)11-4-2-3-10(9-11)12-13-15-16-14-12/h2-4,9H,5-8H2,1H3,(H,13,14,15,16). The quantitative estimate of drug-likeness (QED) is 0.844. The number of nitrogens with one attached hydrogen (secondary N) is 1. The van der Waals surface area contributed by atoms with E-state index < -0.39 is 10.0 Å². The molecule has 1 aliphatic rings. The first-order valence-corrected chi connectivity index (χ1v) is 8.04. The highest BCUT2D eigenvalue weighted by Crippen LogP contribution is 2.22. The predicted molar refractivity (Wildman–Crippen MR) is 75.9 cm³/mol. The summed E-state index contributed by atoms with van der Waals surface area (Å²) in [6.07, 6.45) is 0. The average molecular weight is 308 g/mol. The van der Waals surface area contributed by atoms with Crippen LogP contribution in [0.2, 0.25) is 0 Å². The number of rotatable bonds is 3. The molecule has 0 aliphatic carbocycles. The predicted octanol–water partition coefficient (Wildman–Crippen LogP) is -0.197. The lowest BCUT2D eigenvalue weighted by atomic mass is 10.2. The van der Waals surface area contributed by atoms with Crippen LogP contribution < -0.4 is 0 Å². The van der Waals surface area contributed by atoms with Crippen molar-refractivity contribution < 1.29 is 8.42 Å². The smallest absolute Gasteiger partial charge is 0.243 e. The zero-order chi connectivity index (χ0) is 14.9. The molecule has 0 saturated carbocycles. The zero-order valence-electron chi connectivity index (χ0n) is 11.6. The Morgan fingerprint density at radius 3 is 2.62 bits per heavy atom. The molecule has 0 spiro atoms. The van der Waals surface area contributed by atoms with Crippen molar-refractivity contribution in [3.05, 3.63) is 24.3 Å². The molecule has 1 aromatic carbocycles. The lowest BCUT2D eigenvalue weighted by Gasteiger charge is -2.31. The summed E-state index contributed by atoms with van der Waals surface area (Å²) < 4.78 is 26.8. The number of sulfonamides is 1. The lowest BCUT2D eigenvalue weighted by Crippen LogP contribution is -2.47. The molecule has 9 heteroatoms. The molecule has 0 bridgehead atoms. The summed E-state index contributed by atoms with van der Waals surface area (Å²) in [6, 6.07) is 6.62. The molecule has 1 saturated heterocycles. The Bertz CT molecular complexity index is 707. The Hall–Kier alpha value is -1.84. The normalized spacial score (nSPS) is 18.0. The van der Waals surface area contributed by atoms with Gasteiger partial charge in [-0.1, -0.05) is 12.1 Å². The number of likely N-dealkylation sites (N-methyl/N-ethyl adjacent to an activating group) is 1. The molecule has 0 amide bonds. The molecule has 8 nitrogen and oxygen atoms in total. The fraction of sp³-hybridized carbons (Fsp3) is 0.417. The molecule has 1 aromatic heterocycles. The van der Waals surface area contributed by atoms with E-state index in [1.807, 2.05) is 7.05 Å². The number of aromatic amines is 1. The third kappa shape index (κ3) is 2.80. The van der Waals surface area contributed by atoms with Crippen LogP contribution in [0.4, 0.5) is 0 Å². The van der Waals surface area contributed by atoms with Crippen LogP contribution >= 0.6 is 0 Å². The maximum atomic E-state index is 12.7. The minimum absolute atomic E-state index is 0.259. The van der Waals surface area contributed by atoms with Gasteiger partial charge < -0.3 is 4.90 Å². The van der Waals surface area contributed by atoms with Gasteiger partial charge >= 0.3 is 0 Å². The monoisotopic (exact) mass is 308 g/mol. The van der Waals surface area contributed by atoms with Gasteiger partial charge in [0.2, 0.25) is 15.8 Å². The Kier molecular flexibility index (Phi) is 3.70. The molecule has 21 heavy (non-hydrogen) atoms. The Balaban J connectivity index is 1.91. The second-order valence-electron chi connectivity index (χ2n) is 4.97. The maximum Gasteiger partial charge on any atom is 0.243 e. The van der Waals surface area contributed by atoms with Crippen molar-refractivity contribution in [3.8, 4) is 11.4 Å². The van der Waals surface area contributed by atoms with Crippen LogP contribution in [-0.4, -0.2) is 71.5 Å². The first-order chi connectivity index (χ1) is 10.1. The molecular weight excluding hydrogens is 292 g/mol. The van der Waals surface area contributed by atoms with Gasteiger partial charge in [0.15, 0.2) is 0 Å². The van der Waals surface area contributed by atoms with Crippen LogP contribution in [0, 0.1) is 0 Å². The summed E-state index contributed by atoms with van der Waals surface area (Å²) in [5, 5.41) is 13.6. The van der Waals surface area contributed by atoms with Crippen LogP contribution in [0.25, 0.3) is 11.4 Å². The van der Waals surface area contributed by atoms with Crippen LogP contribution in [0.5, 0.6) is 0 Å². The van der Waals surface area contributed by atoms with Crippen LogP contribution in [0.15, 0.2) is 29.2 Å². The summed E-state index contributed by atoms with van der Waals surface area (Å²) in [4.78, 5) is 2.37. The van der Waals surface area contributed by atoms with Crippen molar-refractivity contribution in [3.63, 3.8) is 0 Å².